The Morgan fingerprint density at radius 3 is 2.89 bits per heavy atom. The average Bonchev–Trinajstić information content (AvgIpc) is 2.86. The molecule has 1 atom stereocenters. The van der Waals surface area contributed by atoms with Crippen molar-refractivity contribution in [2.75, 3.05) is 12.3 Å². The van der Waals surface area contributed by atoms with Crippen LogP contribution in [-0.4, -0.2) is 29.3 Å². The summed E-state index contributed by atoms with van der Waals surface area (Å²) in [5, 5.41) is 3.79. The number of aliphatic imine (C=N–C) groups is 1. The summed E-state index contributed by atoms with van der Waals surface area (Å²) in [5.74, 6) is 0.697. The van der Waals surface area contributed by atoms with Crippen LogP contribution in [0.4, 0.5) is 0 Å². The van der Waals surface area contributed by atoms with Crippen LogP contribution in [0, 0.1) is 0 Å². The summed E-state index contributed by atoms with van der Waals surface area (Å²) in [6.07, 6.45) is 0. The van der Waals surface area contributed by atoms with E-state index in [1.165, 1.54) is 0 Å². The SMILES string of the molecule is C=C(C)CNC(=O)C1CSC(c2ccccc2)=N1. The van der Waals surface area contributed by atoms with E-state index in [1.54, 1.807) is 11.8 Å². The molecule has 1 aliphatic heterocycles. The van der Waals surface area contributed by atoms with E-state index in [9.17, 15) is 4.79 Å². The third-order valence-electron chi connectivity index (χ3n) is 2.54. The number of benzene rings is 1. The van der Waals surface area contributed by atoms with Gasteiger partial charge in [0, 0.05) is 17.9 Å². The van der Waals surface area contributed by atoms with Crippen molar-refractivity contribution in [1.29, 1.82) is 0 Å². The Hall–Kier alpha value is -1.55. The van der Waals surface area contributed by atoms with Gasteiger partial charge in [-0.15, -0.1) is 11.8 Å². The second-order valence-corrected chi connectivity index (χ2v) is 5.31. The number of nitrogens with one attached hydrogen (secondary N) is 1. The molecule has 0 bridgehead atoms. The normalized spacial score (nSPS) is 18.3. The summed E-state index contributed by atoms with van der Waals surface area (Å²) in [6.45, 7) is 6.18. The fraction of sp³-hybridized carbons (Fsp3) is 0.286. The average molecular weight is 260 g/mol. The largest absolute Gasteiger partial charge is 0.350 e. The van der Waals surface area contributed by atoms with Crippen molar-refractivity contribution in [1.82, 2.24) is 5.32 Å². The van der Waals surface area contributed by atoms with Gasteiger partial charge in [0.1, 0.15) is 6.04 Å². The van der Waals surface area contributed by atoms with Crippen molar-refractivity contribution >= 4 is 22.7 Å². The molecule has 0 saturated carbocycles. The minimum absolute atomic E-state index is 0.0172. The van der Waals surface area contributed by atoms with Crippen molar-refractivity contribution in [3.8, 4) is 0 Å². The van der Waals surface area contributed by atoms with Crippen molar-refractivity contribution in [2.24, 2.45) is 4.99 Å². The Labute approximate surface area is 111 Å². The highest BCUT2D eigenvalue weighted by Gasteiger charge is 2.25. The van der Waals surface area contributed by atoms with Gasteiger partial charge in [0.05, 0.1) is 5.04 Å². The smallest absolute Gasteiger partial charge is 0.245 e. The van der Waals surface area contributed by atoms with Gasteiger partial charge in [0.15, 0.2) is 0 Å². The lowest BCUT2D eigenvalue weighted by atomic mass is 10.2. The maximum atomic E-state index is 11.9. The summed E-state index contributed by atoms with van der Waals surface area (Å²) >= 11 is 1.63. The minimum atomic E-state index is -0.274. The summed E-state index contributed by atoms with van der Waals surface area (Å²) in [6, 6.07) is 9.69. The standard InChI is InChI=1S/C14H16N2OS/c1-10(2)8-15-13(17)12-9-18-14(16-12)11-6-4-3-5-7-11/h3-7,12H,1,8-9H2,2H3,(H,15,17). The number of nitrogens with zero attached hydrogens (tertiary/aromatic N) is 1. The molecule has 0 radical (unpaired) electrons. The van der Waals surface area contributed by atoms with E-state index in [0.29, 0.717) is 12.3 Å². The highest BCUT2D eigenvalue weighted by molar-refractivity contribution is 8.14. The topological polar surface area (TPSA) is 41.5 Å². The van der Waals surface area contributed by atoms with Gasteiger partial charge in [0.2, 0.25) is 5.91 Å². The number of hydrogen-bond donors (Lipinski definition) is 1. The fourth-order valence-electron chi connectivity index (χ4n) is 1.60. The lowest BCUT2D eigenvalue weighted by molar-refractivity contribution is -0.121. The van der Waals surface area contributed by atoms with E-state index >= 15 is 0 Å². The third-order valence-corrected chi connectivity index (χ3v) is 3.64. The summed E-state index contributed by atoms with van der Waals surface area (Å²) in [7, 11) is 0. The van der Waals surface area contributed by atoms with E-state index in [0.717, 1.165) is 16.2 Å². The van der Waals surface area contributed by atoms with Gasteiger partial charge in [-0.05, 0) is 6.92 Å². The minimum Gasteiger partial charge on any atom is -0.350 e. The highest BCUT2D eigenvalue weighted by atomic mass is 32.2. The molecule has 2 rings (SSSR count). The van der Waals surface area contributed by atoms with Gasteiger partial charge in [-0.3, -0.25) is 9.79 Å². The summed E-state index contributed by atoms with van der Waals surface area (Å²) in [4.78, 5) is 16.3. The maximum absolute atomic E-state index is 11.9. The van der Waals surface area contributed by atoms with E-state index in [4.69, 9.17) is 0 Å². The predicted molar refractivity (Wildman–Crippen MR) is 77.0 cm³/mol. The van der Waals surface area contributed by atoms with Crippen LogP contribution in [0.25, 0.3) is 0 Å². The molecule has 1 aromatic rings. The van der Waals surface area contributed by atoms with Gasteiger partial charge < -0.3 is 5.32 Å². The Morgan fingerprint density at radius 2 is 2.22 bits per heavy atom. The quantitative estimate of drug-likeness (QED) is 0.844. The van der Waals surface area contributed by atoms with Crippen LogP contribution in [-0.2, 0) is 4.79 Å². The molecule has 0 saturated heterocycles. The number of thioether (sulfide) groups is 1. The predicted octanol–water partition coefficient (Wildman–Crippen LogP) is 2.24. The zero-order valence-corrected chi connectivity index (χ0v) is 11.2. The van der Waals surface area contributed by atoms with Crippen molar-refractivity contribution < 1.29 is 4.79 Å². The first-order chi connectivity index (χ1) is 8.66. The van der Waals surface area contributed by atoms with E-state index in [2.05, 4.69) is 16.9 Å². The molecule has 1 unspecified atom stereocenters. The van der Waals surface area contributed by atoms with Crippen LogP contribution in [0.1, 0.15) is 12.5 Å². The summed E-state index contributed by atoms with van der Waals surface area (Å²) < 4.78 is 0. The Kier molecular flexibility index (Phi) is 4.20. The van der Waals surface area contributed by atoms with Gasteiger partial charge in [-0.1, -0.05) is 42.5 Å². The van der Waals surface area contributed by atoms with Gasteiger partial charge in [-0.25, -0.2) is 0 Å². The Bertz CT molecular complexity index is 482. The van der Waals surface area contributed by atoms with Crippen LogP contribution in [0.3, 0.4) is 0 Å². The first kappa shape index (κ1) is 12.9. The van der Waals surface area contributed by atoms with Crippen LogP contribution in [0.2, 0.25) is 0 Å². The number of carbonyl (C=O) groups excluding carboxylic acids is 1. The molecule has 1 aromatic carbocycles. The molecule has 0 aromatic heterocycles. The molecule has 1 amide bonds. The van der Waals surface area contributed by atoms with Gasteiger partial charge in [0.25, 0.3) is 0 Å². The molecule has 18 heavy (non-hydrogen) atoms. The molecule has 3 nitrogen and oxygen atoms in total. The van der Waals surface area contributed by atoms with Crippen LogP contribution in [0.5, 0.6) is 0 Å². The monoisotopic (exact) mass is 260 g/mol. The number of amides is 1. The van der Waals surface area contributed by atoms with Crippen molar-refractivity contribution in [3.05, 3.63) is 48.0 Å². The van der Waals surface area contributed by atoms with Crippen LogP contribution in [0.15, 0.2) is 47.5 Å². The van der Waals surface area contributed by atoms with Crippen molar-refractivity contribution in [3.63, 3.8) is 0 Å². The maximum Gasteiger partial charge on any atom is 0.245 e. The van der Waals surface area contributed by atoms with Crippen LogP contribution >= 0.6 is 11.8 Å². The second-order valence-electron chi connectivity index (χ2n) is 4.30. The van der Waals surface area contributed by atoms with E-state index in [-0.39, 0.29) is 11.9 Å². The molecule has 4 heteroatoms. The lowest BCUT2D eigenvalue weighted by Crippen LogP contribution is -2.34. The molecular weight excluding hydrogens is 244 g/mol. The second kappa shape index (κ2) is 5.87. The first-order valence-corrected chi connectivity index (χ1v) is 6.83. The third kappa shape index (κ3) is 3.23. The molecule has 0 aliphatic carbocycles. The summed E-state index contributed by atoms with van der Waals surface area (Å²) in [5.41, 5.74) is 2.03. The van der Waals surface area contributed by atoms with E-state index in [1.807, 2.05) is 37.3 Å². The van der Waals surface area contributed by atoms with E-state index < -0.39 is 0 Å². The lowest BCUT2D eigenvalue weighted by Gasteiger charge is -2.07. The number of rotatable bonds is 4. The fourth-order valence-corrected chi connectivity index (χ4v) is 2.65. The van der Waals surface area contributed by atoms with Gasteiger partial charge >= 0.3 is 0 Å². The Balaban J connectivity index is 2.00. The molecule has 94 valence electrons. The van der Waals surface area contributed by atoms with Crippen LogP contribution < -0.4 is 5.32 Å². The zero-order chi connectivity index (χ0) is 13.0. The Morgan fingerprint density at radius 1 is 1.50 bits per heavy atom. The number of carbonyl (C=O) groups is 1. The molecule has 1 N–H and O–H groups in total. The molecule has 1 aliphatic rings. The molecule has 0 spiro atoms. The van der Waals surface area contributed by atoms with Gasteiger partial charge in [-0.2, -0.15) is 0 Å². The molecule has 0 fully saturated rings. The molecule has 1 heterocycles. The van der Waals surface area contributed by atoms with Crippen molar-refractivity contribution in [2.45, 2.75) is 13.0 Å². The number of hydrogen-bond acceptors (Lipinski definition) is 3. The first-order valence-electron chi connectivity index (χ1n) is 5.85. The zero-order valence-electron chi connectivity index (χ0n) is 10.3. The molecular formula is C14H16N2OS. The highest BCUT2D eigenvalue weighted by Crippen LogP contribution is 2.23.